The van der Waals surface area contributed by atoms with E-state index >= 15 is 0 Å². The summed E-state index contributed by atoms with van der Waals surface area (Å²) in [4.78, 5) is 27.7. The molecule has 138 valence electrons. The second-order valence-corrected chi connectivity index (χ2v) is 5.75. The van der Waals surface area contributed by atoms with Gasteiger partial charge in [-0.1, -0.05) is 11.6 Å². The standard InChI is InChI=1S/C18H20ClN3O4/c1-25-9-3-8-20-17(23)15-7-5-13(11-21-15)22-16-10-12(18(24)26-2)4-6-14(16)19/h4-7,10-11,22H,3,8-9H2,1-2H3,(H,20,23). The van der Waals surface area contributed by atoms with E-state index < -0.39 is 5.97 Å². The van der Waals surface area contributed by atoms with Gasteiger partial charge >= 0.3 is 5.97 Å². The van der Waals surface area contributed by atoms with Crippen LogP contribution in [-0.2, 0) is 9.47 Å². The zero-order chi connectivity index (χ0) is 18.9. The van der Waals surface area contributed by atoms with Crippen molar-refractivity contribution in [3.63, 3.8) is 0 Å². The molecule has 2 rings (SSSR count). The van der Waals surface area contributed by atoms with Gasteiger partial charge in [0.1, 0.15) is 5.69 Å². The van der Waals surface area contributed by atoms with Crippen molar-refractivity contribution >= 4 is 34.9 Å². The first-order valence-electron chi connectivity index (χ1n) is 7.93. The van der Waals surface area contributed by atoms with Crippen LogP contribution in [0.4, 0.5) is 11.4 Å². The Morgan fingerprint density at radius 2 is 2.00 bits per heavy atom. The smallest absolute Gasteiger partial charge is 0.337 e. The van der Waals surface area contributed by atoms with E-state index in [-0.39, 0.29) is 5.91 Å². The highest BCUT2D eigenvalue weighted by molar-refractivity contribution is 6.33. The van der Waals surface area contributed by atoms with Crippen molar-refractivity contribution in [1.82, 2.24) is 10.3 Å². The lowest BCUT2D eigenvalue weighted by atomic mass is 10.2. The number of aromatic nitrogens is 1. The molecule has 0 aliphatic carbocycles. The Hall–Kier alpha value is -2.64. The van der Waals surface area contributed by atoms with E-state index in [9.17, 15) is 9.59 Å². The molecular formula is C18H20ClN3O4. The molecule has 0 aliphatic rings. The number of hydrogen-bond acceptors (Lipinski definition) is 6. The van der Waals surface area contributed by atoms with Crippen molar-refractivity contribution in [1.29, 1.82) is 0 Å². The maximum Gasteiger partial charge on any atom is 0.337 e. The molecule has 0 saturated carbocycles. The van der Waals surface area contributed by atoms with Gasteiger partial charge in [0.2, 0.25) is 0 Å². The monoisotopic (exact) mass is 377 g/mol. The maximum atomic E-state index is 12.0. The van der Waals surface area contributed by atoms with E-state index in [1.165, 1.54) is 13.3 Å². The highest BCUT2D eigenvalue weighted by Gasteiger charge is 2.10. The molecule has 7 nitrogen and oxygen atoms in total. The van der Waals surface area contributed by atoms with Gasteiger partial charge in [-0.3, -0.25) is 4.79 Å². The highest BCUT2D eigenvalue weighted by atomic mass is 35.5. The van der Waals surface area contributed by atoms with Crippen molar-refractivity contribution in [2.45, 2.75) is 6.42 Å². The fraction of sp³-hybridized carbons (Fsp3) is 0.278. The quantitative estimate of drug-likeness (QED) is 0.543. The van der Waals surface area contributed by atoms with Gasteiger partial charge in [-0.15, -0.1) is 0 Å². The molecule has 2 N–H and O–H groups in total. The first-order valence-corrected chi connectivity index (χ1v) is 8.31. The molecule has 0 atom stereocenters. The van der Waals surface area contributed by atoms with Gasteiger partial charge in [0.25, 0.3) is 5.91 Å². The molecule has 0 unspecified atom stereocenters. The minimum atomic E-state index is -0.455. The summed E-state index contributed by atoms with van der Waals surface area (Å²) in [5.41, 5.74) is 1.85. The van der Waals surface area contributed by atoms with Gasteiger partial charge in [-0.05, 0) is 36.8 Å². The first-order chi connectivity index (χ1) is 12.5. The number of benzene rings is 1. The first kappa shape index (κ1) is 19.7. The van der Waals surface area contributed by atoms with Crippen LogP contribution in [-0.4, -0.2) is 44.2 Å². The summed E-state index contributed by atoms with van der Waals surface area (Å²) in [5, 5.41) is 6.27. The van der Waals surface area contributed by atoms with Crippen LogP contribution in [0, 0.1) is 0 Å². The summed E-state index contributed by atoms with van der Waals surface area (Å²) in [5.74, 6) is -0.707. The maximum absolute atomic E-state index is 12.0. The van der Waals surface area contributed by atoms with Crippen molar-refractivity contribution < 1.29 is 19.1 Å². The van der Waals surface area contributed by atoms with E-state index in [4.69, 9.17) is 21.1 Å². The van der Waals surface area contributed by atoms with Gasteiger partial charge in [-0.25, -0.2) is 9.78 Å². The van der Waals surface area contributed by atoms with E-state index in [0.717, 1.165) is 6.42 Å². The van der Waals surface area contributed by atoms with Crippen LogP contribution in [0.1, 0.15) is 27.3 Å². The van der Waals surface area contributed by atoms with Gasteiger partial charge in [0.15, 0.2) is 0 Å². The number of rotatable bonds is 8. The molecule has 8 heteroatoms. The van der Waals surface area contributed by atoms with Gasteiger partial charge < -0.3 is 20.1 Å². The van der Waals surface area contributed by atoms with Crippen LogP contribution in [0.2, 0.25) is 5.02 Å². The summed E-state index contributed by atoms with van der Waals surface area (Å²) >= 11 is 6.15. The molecule has 26 heavy (non-hydrogen) atoms. The number of esters is 1. The molecule has 2 aromatic rings. The number of nitrogens with zero attached hydrogens (tertiary/aromatic N) is 1. The van der Waals surface area contributed by atoms with Gasteiger partial charge in [0, 0.05) is 20.3 Å². The number of hydrogen-bond donors (Lipinski definition) is 2. The van der Waals surface area contributed by atoms with Crippen LogP contribution < -0.4 is 10.6 Å². The fourth-order valence-electron chi connectivity index (χ4n) is 2.13. The Morgan fingerprint density at radius 3 is 2.65 bits per heavy atom. The number of halogens is 1. The second kappa shape index (κ2) is 9.74. The second-order valence-electron chi connectivity index (χ2n) is 5.35. The Labute approximate surface area is 156 Å². The average molecular weight is 378 g/mol. The molecule has 1 aromatic carbocycles. The third kappa shape index (κ3) is 5.44. The Balaban J connectivity index is 2.03. The number of carbonyl (C=O) groups is 2. The number of ether oxygens (including phenoxy) is 2. The fourth-order valence-corrected chi connectivity index (χ4v) is 2.30. The molecule has 1 amide bonds. The molecule has 0 aliphatic heterocycles. The molecule has 0 radical (unpaired) electrons. The summed E-state index contributed by atoms with van der Waals surface area (Å²) < 4.78 is 9.62. The van der Waals surface area contributed by atoms with Crippen molar-refractivity contribution in [3.8, 4) is 0 Å². The number of amides is 1. The number of anilines is 2. The largest absolute Gasteiger partial charge is 0.465 e. The summed E-state index contributed by atoms with van der Waals surface area (Å²) in [6.07, 6.45) is 2.25. The molecule has 0 fully saturated rings. The zero-order valence-electron chi connectivity index (χ0n) is 14.5. The van der Waals surface area contributed by atoms with Crippen LogP contribution in [0.25, 0.3) is 0 Å². The van der Waals surface area contributed by atoms with Crippen LogP contribution >= 0.6 is 11.6 Å². The third-order valence-electron chi connectivity index (χ3n) is 3.47. The topological polar surface area (TPSA) is 89.6 Å². The minimum Gasteiger partial charge on any atom is -0.465 e. The molecule has 0 bridgehead atoms. The normalized spacial score (nSPS) is 10.3. The molecule has 1 aromatic heterocycles. The Bertz CT molecular complexity index is 766. The average Bonchev–Trinajstić information content (AvgIpc) is 2.66. The van der Waals surface area contributed by atoms with E-state index in [1.54, 1.807) is 37.4 Å². The lowest BCUT2D eigenvalue weighted by Gasteiger charge is -2.10. The number of pyridine rings is 1. The van der Waals surface area contributed by atoms with E-state index in [2.05, 4.69) is 15.6 Å². The Kier molecular flexibility index (Phi) is 7.37. The van der Waals surface area contributed by atoms with Gasteiger partial charge in [0.05, 0.1) is 35.3 Å². The molecule has 0 saturated heterocycles. The van der Waals surface area contributed by atoms with Gasteiger partial charge in [-0.2, -0.15) is 0 Å². The molecule has 1 heterocycles. The van der Waals surface area contributed by atoms with E-state index in [1.807, 2.05) is 0 Å². The minimum absolute atomic E-state index is 0.252. The summed E-state index contributed by atoms with van der Waals surface area (Å²) in [7, 11) is 2.93. The SMILES string of the molecule is COCCCNC(=O)c1ccc(Nc2cc(C(=O)OC)ccc2Cl)cn1. The number of methoxy groups -OCH3 is 2. The predicted molar refractivity (Wildman–Crippen MR) is 99.1 cm³/mol. The van der Waals surface area contributed by atoms with Crippen molar-refractivity contribution in [3.05, 3.63) is 52.8 Å². The number of nitrogens with one attached hydrogen (secondary N) is 2. The summed E-state index contributed by atoms with van der Waals surface area (Å²) in [6, 6.07) is 8.08. The lowest BCUT2D eigenvalue weighted by Crippen LogP contribution is -2.26. The van der Waals surface area contributed by atoms with Crippen LogP contribution in [0.5, 0.6) is 0 Å². The Morgan fingerprint density at radius 1 is 1.19 bits per heavy atom. The highest BCUT2D eigenvalue weighted by Crippen LogP contribution is 2.26. The van der Waals surface area contributed by atoms with Crippen molar-refractivity contribution in [2.24, 2.45) is 0 Å². The predicted octanol–water partition coefficient (Wildman–Crippen LogP) is 3.03. The van der Waals surface area contributed by atoms with E-state index in [0.29, 0.717) is 40.8 Å². The molecular weight excluding hydrogens is 358 g/mol. The molecule has 0 spiro atoms. The van der Waals surface area contributed by atoms with Crippen LogP contribution in [0.3, 0.4) is 0 Å². The zero-order valence-corrected chi connectivity index (χ0v) is 15.3. The number of carbonyl (C=O) groups excluding carboxylic acids is 2. The summed E-state index contributed by atoms with van der Waals surface area (Å²) in [6.45, 7) is 1.10. The third-order valence-corrected chi connectivity index (χ3v) is 3.80. The lowest BCUT2D eigenvalue weighted by molar-refractivity contribution is 0.0600. The van der Waals surface area contributed by atoms with Crippen molar-refractivity contribution in [2.75, 3.05) is 32.7 Å². The van der Waals surface area contributed by atoms with Crippen LogP contribution in [0.15, 0.2) is 36.5 Å².